The number of esters is 1. The van der Waals surface area contributed by atoms with Crippen LogP contribution in [0.2, 0.25) is 0 Å². The molecule has 0 aliphatic rings. The van der Waals surface area contributed by atoms with Crippen LogP contribution in [0.1, 0.15) is 15.9 Å². The van der Waals surface area contributed by atoms with Gasteiger partial charge in [0.1, 0.15) is 6.61 Å². The second-order valence-electron chi connectivity index (χ2n) is 5.19. The van der Waals surface area contributed by atoms with Crippen molar-refractivity contribution in [1.82, 2.24) is 0 Å². The molecule has 6 nitrogen and oxygen atoms in total. The molecule has 0 spiro atoms. The number of alkyl halides is 2. The van der Waals surface area contributed by atoms with Crippen LogP contribution in [0.15, 0.2) is 47.4 Å². The Morgan fingerprint density at radius 2 is 1.89 bits per heavy atom. The van der Waals surface area contributed by atoms with E-state index in [2.05, 4.69) is 4.74 Å². The summed E-state index contributed by atoms with van der Waals surface area (Å²) in [4.78, 5) is 23.8. The molecule has 1 amide bonds. The zero-order valence-corrected chi connectivity index (χ0v) is 15.1. The average Bonchev–Trinajstić information content (AvgIpc) is 2.65. The van der Waals surface area contributed by atoms with Gasteiger partial charge in [0.2, 0.25) is 5.91 Å². The summed E-state index contributed by atoms with van der Waals surface area (Å²) >= 11 is 1.14. The van der Waals surface area contributed by atoms with E-state index in [0.29, 0.717) is 16.0 Å². The molecule has 27 heavy (non-hydrogen) atoms. The number of hydrogen-bond acceptors (Lipinski definition) is 6. The molecule has 9 heteroatoms. The maximum atomic E-state index is 12.4. The number of ether oxygens (including phenoxy) is 3. The number of primary amides is 1. The molecule has 0 aliphatic heterocycles. The fraction of sp³-hybridized carbons (Fsp3) is 0.222. The molecule has 144 valence electrons. The number of halogens is 2. The van der Waals surface area contributed by atoms with E-state index < -0.39 is 18.5 Å². The number of nitrogens with two attached hydrogens (primary N) is 1. The van der Waals surface area contributed by atoms with Crippen molar-refractivity contribution < 1.29 is 32.6 Å². The SMILES string of the molecule is COc1cc(COC(=O)c2ccccc2SCC(N)=O)ccc1OC(F)F. The maximum absolute atomic E-state index is 12.4. The lowest BCUT2D eigenvalue weighted by Crippen LogP contribution is -2.14. The van der Waals surface area contributed by atoms with Crippen molar-refractivity contribution in [2.45, 2.75) is 18.1 Å². The highest BCUT2D eigenvalue weighted by Gasteiger charge is 2.15. The Kier molecular flexibility index (Phi) is 7.42. The van der Waals surface area contributed by atoms with Gasteiger partial charge in [-0.25, -0.2) is 4.79 Å². The van der Waals surface area contributed by atoms with Crippen molar-refractivity contribution in [3.63, 3.8) is 0 Å². The Morgan fingerprint density at radius 3 is 2.56 bits per heavy atom. The van der Waals surface area contributed by atoms with Gasteiger partial charge in [0.05, 0.1) is 18.4 Å². The Labute approximate surface area is 158 Å². The van der Waals surface area contributed by atoms with Gasteiger partial charge in [0.15, 0.2) is 11.5 Å². The third kappa shape index (κ3) is 6.14. The van der Waals surface area contributed by atoms with Gasteiger partial charge >= 0.3 is 12.6 Å². The van der Waals surface area contributed by atoms with E-state index in [1.54, 1.807) is 24.3 Å². The molecule has 2 N–H and O–H groups in total. The standard InChI is InChI=1S/C18H17F2NO5S/c1-24-14-8-11(6-7-13(14)26-18(19)20)9-25-17(23)12-4-2-3-5-15(12)27-10-16(21)22/h2-8,18H,9-10H2,1H3,(H2,21,22). The average molecular weight is 397 g/mol. The molecule has 0 unspecified atom stereocenters. The van der Waals surface area contributed by atoms with Gasteiger partial charge in [-0.15, -0.1) is 11.8 Å². The number of benzene rings is 2. The highest BCUT2D eigenvalue weighted by Crippen LogP contribution is 2.30. The van der Waals surface area contributed by atoms with Crippen LogP contribution in [0.25, 0.3) is 0 Å². The quantitative estimate of drug-likeness (QED) is 0.516. The first kappa shape index (κ1) is 20.5. The maximum Gasteiger partial charge on any atom is 0.387 e. The fourth-order valence-electron chi connectivity index (χ4n) is 2.13. The van der Waals surface area contributed by atoms with Crippen LogP contribution < -0.4 is 15.2 Å². The summed E-state index contributed by atoms with van der Waals surface area (Å²) in [6, 6.07) is 10.9. The molecule has 0 bridgehead atoms. The summed E-state index contributed by atoms with van der Waals surface area (Å²) in [5, 5.41) is 0. The van der Waals surface area contributed by atoms with Crippen molar-refractivity contribution in [1.29, 1.82) is 0 Å². The summed E-state index contributed by atoms with van der Waals surface area (Å²) in [6.07, 6.45) is 0. The molecule has 2 rings (SSSR count). The molecule has 0 aromatic heterocycles. The predicted octanol–water partition coefficient (Wildman–Crippen LogP) is 3.23. The van der Waals surface area contributed by atoms with Crippen LogP contribution in [0.5, 0.6) is 11.5 Å². The molecule has 0 radical (unpaired) electrons. The minimum absolute atomic E-state index is 0.0348. The zero-order valence-electron chi connectivity index (χ0n) is 14.3. The minimum Gasteiger partial charge on any atom is -0.493 e. The van der Waals surface area contributed by atoms with Crippen LogP contribution in [0, 0.1) is 0 Å². The summed E-state index contributed by atoms with van der Waals surface area (Å²) in [5.74, 6) is -1.07. The molecule has 0 saturated heterocycles. The van der Waals surface area contributed by atoms with E-state index in [0.717, 1.165) is 11.8 Å². The second-order valence-corrected chi connectivity index (χ2v) is 6.21. The Balaban J connectivity index is 2.06. The van der Waals surface area contributed by atoms with Crippen LogP contribution in [-0.2, 0) is 16.1 Å². The summed E-state index contributed by atoms with van der Waals surface area (Å²) in [7, 11) is 1.32. The van der Waals surface area contributed by atoms with Gasteiger partial charge < -0.3 is 19.9 Å². The Bertz CT molecular complexity index is 816. The number of carbonyl (C=O) groups is 2. The van der Waals surface area contributed by atoms with E-state index in [9.17, 15) is 18.4 Å². The molecule has 0 fully saturated rings. The number of thioether (sulfide) groups is 1. The highest BCUT2D eigenvalue weighted by atomic mass is 32.2. The molecular weight excluding hydrogens is 380 g/mol. The number of rotatable bonds is 9. The molecule has 0 atom stereocenters. The minimum atomic E-state index is -2.98. The molecule has 0 heterocycles. The van der Waals surface area contributed by atoms with Crippen LogP contribution in [0.4, 0.5) is 8.78 Å². The summed E-state index contributed by atoms with van der Waals surface area (Å²) < 4.78 is 39.3. The van der Waals surface area contributed by atoms with Gasteiger partial charge in [-0.05, 0) is 29.8 Å². The van der Waals surface area contributed by atoms with E-state index in [1.165, 1.54) is 25.3 Å². The van der Waals surface area contributed by atoms with Crippen molar-refractivity contribution in [3.05, 3.63) is 53.6 Å². The summed E-state index contributed by atoms with van der Waals surface area (Å²) in [6.45, 7) is -3.07. The lowest BCUT2D eigenvalue weighted by molar-refractivity contribution is -0.115. The van der Waals surface area contributed by atoms with E-state index in [-0.39, 0.29) is 23.9 Å². The Morgan fingerprint density at radius 1 is 1.15 bits per heavy atom. The molecule has 2 aromatic rings. The number of amides is 1. The topological polar surface area (TPSA) is 87.9 Å². The molecule has 0 saturated carbocycles. The number of carbonyl (C=O) groups excluding carboxylic acids is 2. The fourth-order valence-corrected chi connectivity index (χ4v) is 2.91. The van der Waals surface area contributed by atoms with E-state index in [4.69, 9.17) is 15.2 Å². The van der Waals surface area contributed by atoms with Crippen LogP contribution in [-0.4, -0.2) is 31.4 Å². The first-order valence-corrected chi connectivity index (χ1v) is 8.68. The van der Waals surface area contributed by atoms with E-state index >= 15 is 0 Å². The smallest absolute Gasteiger partial charge is 0.387 e. The van der Waals surface area contributed by atoms with Crippen molar-refractivity contribution in [3.8, 4) is 11.5 Å². The number of hydrogen-bond donors (Lipinski definition) is 1. The lowest BCUT2D eigenvalue weighted by atomic mass is 10.2. The van der Waals surface area contributed by atoms with Gasteiger partial charge in [0, 0.05) is 4.90 Å². The van der Waals surface area contributed by atoms with Crippen LogP contribution >= 0.6 is 11.8 Å². The van der Waals surface area contributed by atoms with Gasteiger partial charge in [-0.1, -0.05) is 18.2 Å². The monoisotopic (exact) mass is 397 g/mol. The molecular formula is C18H17F2NO5S. The molecule has 2 aromatic carbocycles. The van der Waals surface area contributed by atoms with Crippen molar-refractivity contribution >= 4 is 23.6 Å². The van der Waals surface area contributed by atoms with Crippen LogP contribution in [0.3, 0.4) is 0 Å². The third-order valence-electron chi connectivity index (χ3n) is 3.29. The first-order valence-electron chi connectivity index (χ1n) is 7.69. The Hall–Kier alpha value is -2.81. The highest BCUT2D eigenvalue weighted by molar-refractivity contribution is 8.00. The predicted molar refractivity (Wildman–Crippen MR) is 95.1 cm³/mol. The summed E-state index contributed by atoms with van der Waals surface area (Å²) in [5.41, 5.74) is 5.96. The normalized spacial score (nSPS) is 10.5. The second kappa shape index (κ2) is 9.77. The lowest BCUT2D eigenvalue weighted by Gasteiger charge is -2.12. The first-order chi connectivity index (χ1) is 12.9. The van der Waals surface area contributed by atoms with Gasteiger partial charge in [-0.3, -0.25) is 4.79 Å². The van der Waals surface area contributed by atoms with Gasteiger partial charge in [-0.2, -0.15) is 8.78 Å². The van der Waals surface area contributed by atoms with Crippen molar-refractivity contribution in [2.24, 2.45) is 5.73 Å². The van der Waals surface area contributed by atoms with Gasteiger partial charge in [0.25, 0.3) is 0 Å². The van der Waals surface area contributed by atoms with E-state index in [1.807, 2.05) is 0 Å². The zero-order chi connectivity index (χ0) is 19.8. The number of methoxy groups -OCH3 is 1. The van der Waals surface area contributed by atoms with Crippen molar-refractivity contribution in [2.75, 3.05) is 12.9 Å². The molecule has 0 aliphatic carbocycles. The third-order valence-corrected chi connectivity index (χ3v) is 4.39. The largest absolute Gasteiger partial charge is 0.493 e.